The number of fused-ring (bicyclic) bond motifs is 1. The van der Waals surface area contributed by atoms with Gasteiger partial charge in [0.2, 0.25) is 0 Å². The second kappa shape index (κ2) is 9.79. The summed E-state index contributed by atoms with van der Waals surface area (Å²) >= 11 is 0. The minimum atomic E-state index is -3.81. The lowest BCUT2D eigenvalue weighted by Crippen LogP contribution is -2.33. The van der Waals surface area contributed by atoms with E-state index in [4.69, 9.17) is 14.2 Å². The van der Waals surface area contributed by atoms with Crippen molar-refractivity contribution in [3.05, 3.63) is 48.0 Å². The fraction of sp³-hybridized carbons (Fsp3) is 0.435. The van der Waals surface area contributed by atoms with Gasteiger partial charge in [-0.15, -0.1) is 0 Å². The molecule has 2 aliphatic heterocycles. The quantitative estimate of drug-likeness (QED) is 0.626. The van der Waals surface area contributed by atoms with Crippen molar-refractivity contribution < 1.29 is 27.4 Å². The average Bonchev–Trinajstić information content (AvgIpc) is 3.31. The number of hydrogen-bond acceptors (Lipinski definition) is 6. The molecule has 0 aromatic heterocycles. The molecule has 2 N–H and O–H groups in total. The van der Waals surface area contributed by atoms with Crippen LogP contribution in [0.5, 0.6) is 11.5 Å². The van der Waals surface area contributed by atoms with E-state index >= 15 is 0 Å². The lowest BCUT2D eigenvalue weighted by atomic mass is 10.1. The predicted octanol–water partition coefficient (Wildman–Crippen LogP) is 3.34. The van der Waals surface area contributed by atoms with Gasteiger partial charge in [-0.1, -0.05) is 0 Å². The average molecular weight is 461 g/mol. The first-order valence-electron chi connectivity index (χ1n) is 10.9. The van der Waals surface area contributed by atoms with E-state index < -0.39 is 10.0 Å². The standard InChI is InChI=1S/C23H28N2O6S/c1-16(4-9-19-3-2-12-29-19)24-23(26)17-5-7-18(8-6-17)25-32(27,28)20-10-11-21-22(15-20)31-14-13-30-21/h5-8,10-11,15-16,19,25H,2-4,9,12-14H2,1H3,(H,24,26). The van der Waals surface area contributed by atoms with Gasteiger partial charge >= 0.3 is 0 Å². The van der Waals surface area contributed by atoms with E-state index in [1.807, 2.05) is 6.92 Å². The van der Waals surface area contributed by atoms with Gasteiger partial charge in [0.1, 0.15) is 13.2 Å². The zero-order valence-corrected chi connectivity index (χ0v) is 18.8. The lowest BCUT2D eigenvalue weighted by Gasteiger charge is -2.19. The summed E-state index contributed by atoms with van der Waals surface area (Å²) in [4.78, 5) is 12.6. The van der Waals surface area contributed by atoms with Crippen LogP contribution in [0, 0.1) is 0 Å². The summed E-state index contributed by atoms with van der Waals surface area (Å²) < 4.78 is 44.5. The molecular weight excluding hydrogens is 432 g/mol. The first-order chi connectivity index (χ1) is 15.4. The molecule has 1 fully saturated rings. The maximum absolute atomic E-state index is 12.7. The second-order valence-electron chi connectivity index (χ2n) is 8.08. The van der Waals surface area contributed by atoms with E-state index in [0.29, 0.717) is 42.1 Å². The molecular formula is C23H28N2O6S. The third-order valence-electron chi connectivity index (χ3n) is 5.55. The highest BCUT2D eigenvalue weighted by Gasteiger charge is 2.20. The minimum absolute atomic E-state index is 0.0279. The molecule has 1 amide bonds. The highest BCUT2D eigenvalue weighted by molar-refractivity contribution is 7.92. The maximum atomic E-state index is 12.7. The molecule has 8 nitrogen and oxygen atoms in total. The number of amides is 1. The summed E-state index contributed by atoms with van der Waals surface area (Å²) in [5, 5.41) is 2.98. The van der Waals surface area contributed by atoms with Gasteiger partial charge in [0.05, 0.1) is 11.0 Å². The zero-order valence-electron chi connectivity index (χ0n) is 18.0. The molecule has 4 rings (SSSR count). The highest BCUT2D eigenvalue weighted by Crippen LogP contribution is 2.32. The molecule has 2 aromatic rings. The van der Waals surface area contributed by atoms with Gasteiger partial charge in [-0.25, -0.2) is 8.42 Å². The normalized spacial score (nSPS) is 18.7. The van der Waals surface area contributed by atoms with Crippen LogP contribution in [0.3, 0.4) is 0 Å². The Hall–Kier alpha value is -2.78. The lowest BCUT2D eigenvalue weighted by molar-refractivity contribution is 0.0899. The molecule has 172 valence electrons. The Kier molecular flexibility index (Phi) is 6.86. The smallest absolute Gasteiger partial charge is 0.262 e. The van der Waals surface area contributed by atoms with Crippen LogP contribution >= 0.6 is 0 Å². The van der Waals surface area contributed by atoms with Gasteiger partial charge < -0.3 is 19.5 Å². The van der Waals surface area contributed by atoms with Crippen molar-refractivity contribution >= 4 is 21.6 Å². The number of ether oxygens (including phenoxy) is 3. The van der Waals surface area contributed by atoms with Crippen LogP contribution in [-0.4, -0.2) is 46.3 Å². The molecule has 9 heteroatoms. The summed E-state index contributed by atoms with van der Waals surface area (Å²) in [5.41, 5.74) is 0.833. The van der Waals surface area contributed by atoms with Crippen molar-refractivity contribution in [2.24, 2.45) is 0 Å². The number of sulfonamides is 1. The summed E-state index contributed by atoms with van der Waals surface area (Å²) in [6.45, 7) is 3.62. The minimum Gasteiger partial charge on any atom is -0.486 e. The van der Waals surface area contributed by atoms with E-state index in [9.17, 15) is 13.2 Å². The highest BCUT2D eigenvalue weighted by atomic mass is 32.2. The molecule has 0 saturated carbocycles. The molecule has 2 aliphatic rings. The van der Waals surface area contributed by atoms with E-state index in [0.717, 1.165) is 32.3 Å². The Bertz CT molecular complexity index is 1050. The number of carbonyl (C=O) groups excluding carboxylic acids is 1. The van der Waals surface area contributed by atoms with Crippen LogP contribution in [0.4, 0.5) is 5.69 Å². The van der Waals surface area contributed by atoms with Crippen molar-refractivity contribution in [2.75, 3.05) is 24.5 Å². The number of rotatable bonds is 8. The first kappa shape index (κ1) is 22.4. The van der Waals surface area contributed by atoms with Crippen molar-refractivity contribution in [3.63, 3.8) is 0 Å². The summed E-state index contributed by atoms with van der Waals surface area (Å²) in [5.74, 6) is 0.737. The number of anilines is 1. The SMILES string of the molecule is CC(CCC1CCCO1)NC(=O)c1ccc(NS(=O)(=O)c2ccc3c(c2)OCCO3)cc1. The number of benzene rings is 2. The van der Waals surface area contributed by atoms with E-state index in [-0.39, 0.29) is 16.8 Å². The van der Waals surface area contributed by atoms with Crippen molar-refractivity contribution in [3.8, 4) is 11.5 Å². The molecule has 1 saturated heterocycles. The van der Waals surface area contributed by atoms with E-state index in [1.165, 1.54) is 12.1 Å². The molecule has 0 aliphatic carbocycles. The van der Waals surface area contributed by atoms with Gasteiger partial charge in [-0.2, -0.15) is 0 Å². The Labute approximate surface area is 188 Å². The monoisotopic (exact) mass is 460 g/mol. The molecule has 0 bridgehead atoms. The first-order valence-corrected chi connectivity index (χ1v) is 12.3. The molecule has 2 heterocycles. The van der Waals surface area contributed by atoms with Crippen LogP contribution in [-0.2, 0) is 14.8 Å². The number of carbonyl (C=O) groups is 1. The summed E-state index contributed by atoms with van der Waals surface area (Å²) in [6.07, 6.45) is 4.28. The van der Waals surface area contributed by atoms with E-state index in [1.54, 1.807) is 30.3 Å². The Balaban J connectivity index is 1.34. The maximum Gasteiger partial charge on any atom is 0.262 e. The van der Waals surface area contributed by atoms with Gasteiger partial charge in [0.15, 0.2) is 11.5 Å². The fourth-order valence-electron chi connectivity index (χ4n) is 3.78. The molecule has 2 unspecified atom stereocenters. The third-order valence-corrected chi connectivity index (χ3v) is 6.93. The van der Waals surface area contributed by atoms with Crippen molar-refractivity contribution in [1.82, 2.24) is 5.32 Å². The molecule has 0 spiro atoms. The second-order valence-corrected chi connectivity index (χ2v) is 9.76. The van der Waals surface area contributed by atoms with Crippen LogP contribution < -0.4 is 19.5 Å². The summed E-state index contributed by atoms with van der Waals surface area (Å²) in [6, 6.07) is 10.9. The fourth-order valence-corrected chi connectivity index (χ4v) is 4.86. The van der Waals surface area contributed by atoms with Crippen LogP contribution in [0.25, 0.3) is 0 Å². The van der Waals surface area contributed by atoms with E-state index in [2.05, 4.69) is 10.0 Å². The largest absolute Gasteiger partial charge is 0.486 e. The molecule has 2 atom stereocenters. The summed E-state index contributed by atoms with van der Waals surface area (Å²) in [7, 11) is -3.81. The molecule has 0 radical (unpaired) electrons. The predicted molar refractivity (Wildman–Crippen MR) is 120 cm³/mol. The van der Waals surface area contributed by atoms with Crippen molar-refractivity contribution in [2.45, 2.75) is 49.6 Å². The molecule has 2 aromatic carbocycles. The Morgan fingerprint density at radius 2 is 1.81 bits per heavy atom. The Morgan fingerprint density at radius 3 is 2.53 bits per heavy atom. The molecule has 32 heavy (non-hydrogen) atoms. The van der Waals surface area contributed by atoms with Crippen LogP contribution in [0.15, 0.2) is 47.4 Å². The van der Waals surface area contributed by atoms with Gasteiger partial charge in [-0.05, 0) is 69.0 Å². The number of nitrogens with one attached hydrogen (secondary N) is 2. The van der Waals surface area contributed by atoms with Crippen LogP contribution in [0.1, 0.15) is 43.0 Å². The van der Waals surface area contributed by atoms with Gasteiger partial charge in [-0.3, -0.25) is 9.52 Å². The Morgan fingerprint density at radius 1 is 1.06 bits per heavy atom. The van der Waals surface area contributed by atoms with Crippen molar-refractivity contribution in [1.29, 1.82) is 0 Å². The third kappa shape index (κ3) is 5.52. The topological polar surface area (TPSA) is 103 Å². The number of hydrogen-bond donors (Lipinski definition) is 2. The zero-order chi connectivity index (χ0) is 22.6. The van der Waals surface area contributed by atoms with Gasteiger partial charge in [0, 0.05) is 30.0 Å². The van der Waals surface area contributed by atoms with Gasteiger partial charge in [0.25, 0.3) is 15.9 Å². The van der Waals surface area contributed by atoms with Crippen LogP contribution in [0.2, 0.25) is 0 Å².